The van der Waals surface area contributed by atoms with Crippen LogP contribution in [-0.4, -0.2) is 16.9 Å². The third kappa shape index (κ3) is 4.06. The Morgan fingerprint density at radius 3 is 2.95 bits per heavy atom. The third-order valence-electron chi connectivity index (χ3n) is 2.78. The van der Waals surface area contributed by atoms with Crippen molar-refractivity contribution in [2.45, 2.75) is 33.4 Å². The SMILES string of the molecule is CCCNCc1cccc(OCc2nonc2C)c1. The molecule has 0 saturated carbocycles. The second-order valence-electron chi connectivity index (χ2n) is 4.41. The molecule has 0 aliphatic rings. The summed E-state index contributed by atoms with van der Waals surface area (Å²) >= 11 is 0. The molecule has 1 heterocycles. The van der Waals surface area contributed by atoms with Gasteiger partial charge in [0.05, 0.1) is 0 Å². The molecule has 0 aliphatic heterocycles. The number of aryl methyl sites for hydroxylation is 1. The van der Waals surface area contributed by atoms with Crippen LogP contribution in [0.25, 0.3) is 0 Å². The quantitative estimate of drug-likeness (QED) is 0.776. The molecule has 0 amide bonds. The molecule has 0 atom stereocenters. The Balaban J connectivity index is 1.90. The summed E-state index contributed by atoms with van der Waals surface area (Å²) in [6, 6.07) is 8.04. The van der Waals surface area contributed by atoms with Crippen molar-refractivity contribution in [3.05, 3.63) is 41.2 Å². The highest BCUT2D eigenvalue weighted by atomic mass is 16.6. The van der Waals surface area contributed by atoms with E-state index < -0.39 is 0 Å². The van der Waals surface area contributed by atoms with Crippen LogP contribution in [0.1, 0.15) is 30.3 Å². The van der Waals surface area contributed by atoms with Gasteiger partial charge < -0.3 is 10.1 Å². The Morgan fingerprint density at radius 1 is 1.32 bits per heavy atom. The Bertz CT molecular complexity index is 511. The van der Waals surface area contributed by atoms with Gasteiger partial charge in [-0.15, -0.1) is 0 Å². The van der Waals surface area contributed by atoms with Crippen LogP contribution in [0.4, 0.5) is 0 Å². The number of nitrogens with one attached hydrogen (secondary N) is 1. The number of hydrogen-bond donors (Lipinski definition) is 1. The van der Waals surface area contributed by atoms with Gasteiger partial charge in [-0.25, -0.2) is 4.63 Å². The van der Waals surface area contributed by atoms with Crippen LogP contribution in [-0.2, 0) is 13.2 Å². The second-order valence-corrected chi connectivity index (χ2v) is 4.41. The second kappa shape index (κ2) is 6.89. The number of benzene rings is 1. The molecule has 5 nitrogen and oxygen atoms in total. The smallest absolute Gasteiger partial charge is 0.145 e. The largest absolute Gasteiger partial charge is 0.487 e. The van der Waals surface area contributed by atoms with Crippen LogP contribution in [0.5, 0.6) is 5.75 Å². The lowest BCUT2D eigenvalue weighted by atomic mass is 10.2. The highest BCUT2D eigenvalue weighted by Crippen LogP contribution is 2.15. The van der Waals surface area contributed by atoms with E-state index in [9.17, 15) is 0 Å². The Hall–Kier alpha value is -1.88. The van der Waals surface area contributed by atoms with Crippen LogP contribution in [0.3, 0.4) is 0 Å². The number of ether oxygens (including phenoxy) is 1. The van der Waals surface area contributed by atoms with E-state index in [4.69, 9.17) is 4.74 Å². The number of aromatic nitrogens is 2. The fraction of sp³-hybridized carbons (Fsp3) is 0.429. The van der Waals surface area contributed by atoms with Crippen molar-refractivity contribution in [1.29, 1.82) is 0 Å². The van der Waals surface area contributed by atoms with Gasteiger partial charge in [-0.1, -0.05) is 29.4 Å². The molecule has 19 heavy (non-hydrogen) atoms. The standard InChI is InChI=1S/C14H19N3O2/c1-3-7-15-9-12-5-4-6-13(8-12)18-10-14-11(2)16-19-17-14/h4-6,8,15H,3,7,9-10H2,1-2H3. The zero-order chi connectivity index (χ0) is 13.5. The molecule has 0 fully saturated rings. The first-order valence-corrected chi connectivity index (χ1v) is 6.50. The predicted molar refractivity (Wildman–Crippen MR) is 71.8 cm³/mol. The van der Waals surface area contributed by atoms with Crippen LogP contribution in [0.2, 0.25) is 0 Å². The van der Waals surface area contributed by atoms with Crippen molar-refractivity contribution in [3.63, 3.8) is 0 Å². The van der Waals surface area contributed by atoms with Crippen LogP contribution < -0.4 is 10.1 Å². The molecule has 1 aromatic carbocycles. The van der Waals surface area contributed by atoms with Crippen molar-refractivity contribution in [2.24, 2.45) is 0 Å². The first kappa shape index (κ1) is 13.5. The van der Waals surface area contributed by atoms with Crippen molar-refractivity contribution < 1.29 is 9.37 Å². The van der Waals surface area contributed by atoms with Crippen LogP contribution in [0.15, 0.2) is 28.9 Å². The third-order valence-corrected chi connectivity index (χ3v) is 2.78. The van der Waals surface area contributed by atoms with Gasteiger partial charge in [0.2, 0.25) is 0 Å². The van der Waals surface area contributed by atoms with Gasteiger partial charge in [0.1, 0.15) is 23.7 Å². The first-order chi connectivity index (χ1) is 9.29. The molecule has 0 spiro atoms. The zero-order valence-corrected chi connectivity index (χ0v) is 11.3. The van der Waals surface area contributed by atoms with E-state index in [1.807, 2.05) is 25.1 Å². The summed E-state index contributed by atoms with van der Waals surface area (Å²) in [4.78, 5) is 0. The van der Waals surface area contributed by atoms with Crippen LogP contribution in [0, 0.1) is 6.92 Å². The molecular formula is C14H19N3O2. The molecule has 0 aliphatic carbocycles. The van der Waals surface area contributed by atoms with Gasteiger partial charge in [-0.05, 0) is 37.6 Å². The van der Waals surface area contributed by atoms with E-state index in [0.717, 1.165) is 36.6 Å². The number of rotatable bonds is 7. The summed E-state index contributed by atoms with van der Waals surface area (Å²) in [6.45, 7) is 6.26. The fourth-order valence-corrected chi connectivity index (χ4v) is 1.69. The zero-order valence-electron chi connectivity index (χ0n) is 11.3. The highest BCUT2D eigenvalue weighted by molar-refractivity contribution is 5.28. The van der Waals surface area contributed by atoms with Gasteiger partial charge in [0.15, 0.2) is 0 Å². The topological polar surface area (TPSA) is 60.2 Å². The first-order valence-electron chi connectivity index (χ1n) is 6.50. The van der Waals surface area contributed by atoms with Gasteiger partial charge >= 0.3 is 0 Å². The highest BCUT2D eigenvalue weighted by Gasteiger charge is 2.06. The Labute approximate surface area is 112 Å². The lowest BCUT2D eigenvalue weighted by molar-refractivity contribution is 0.270. The summed E-state index contributed by atoms with van der Waals surface area (Å²) in [5.74, 6) is 0.832. The molecule has 102 valence electrons. The van der Waals surface area contributed by atoms with Gasteiger partial charge in [-0.2, -0.15) is 0 Å². The molecule has 5 heteroatoms. The average molecular weight is 261 g/mol. The normalized spacial score (nSPS) is 10.6. The van der Waals surface area contributed by atoms with Crippen molar-refractivity contribution in [2.75, 3.05) is 6.54 Å². The molecule has 1 aromatic heterocycles. The summed E-state index contributed by atoms with van der Waals surface area (Å²) in [6.07, 6.45) is 1.13. The molecule has 0 unspecified atom stereocenters. The van der Waals surface area contributed by atoms with Crippen LogP contribution >= 0.6 is 0 Å². The minimum absolute atomic E-state index is 0.376. The van der Waals surface area contributed by atoms with E-state index in [1.54, 1.807) is 0 Å². The maximum absolute atomic E-state index is 5.69. The van der Waals surface area contributed by atoms with Crippen molar-refractivity contribution in [1.82, 2.24) is 15.6 Å². The Kier molecular flexibility index (Phi) is 4.92. The molecular weight excluding hydrogens is 242 g/mol. The maximum Gasteiger partial charge on any atom is 0.145 e. The van der Waals surface area contributed by atoms with E-state index >= 15 is 0 Å². The summed E-state index contributed by atoms with van der Waals surface area (Å²) in [5.41, 5.74) is 2.70. The molecule has 0 saturated heterocycles. The van der Waals surface area contributed by atoms with E-state index in [1.165, 1.54) is 5.56 Å². The molecule has 2 rings (SSSR count). The number of hydrogen-bond acceptors (Lipinski definition) is 5. The lowest BCUT2D eigenvalue weighted by Crippen LogP contribution is -2.13. The van der Waals surface area contributed by atoms with Gasteiger partial charge in [-0.3, -0.25) is 0 Å². The molecule has 0 radical (unpaired) electrons. The summed E-state index contributed by atoms with van der Waals surface area (Å²) < 4.78 is 10.3. The van der Waals surface area contributed by atoms with Gasteiger partial charge in [0.25, 0.3) is 0 Å². The van der Waals surface area contributed by atoms with E-state index in [-0.39, 0.29) is 0 Å². The molecule has 0 bridgehead atoms. The molecule has 1 N–H and O–H groups in total. The maximum atomic E-state index is 5.69. The minimum Gasteiger partial charge on any atom is -0.487 e. The number of nitrogens with zero attached hydrogens (tertiary/aromatic N) is 2. The summed E-state index contributed by atoms with van der Waals surface area (Å²) in [7, 11) is 0. The fourth-order valence-electron chi connectivity index (χ4n) is 1.69. The Morgan fingerprint density at radius 2 is 2.21 bits per heavy atom. The average Bonchev–Trinajstić information content (AvgIpc) is 2.83. The van der Waals surface area contributed by atoms with Crippen molar-refractivity contribution in [3.8, 4) is 5.75 Å². The van der Waals surface area contributed by atoms with E-state index in [2.05, 4.69) is 33.2 Å². The summed E-state index contributed by atoms with van der Waals surface area (Å²) in [5, 5.41) is 10.9. The lowest BCUT2D eigenvalue weighted by Gasteiger charge is -2.07. The van der Waals surface area contributed by atoms with Crippen molar-refractivity contribution >= 4 is 0 Å². The predicted octanol–water partition coefficient (Wildman–Crippen LogP) is 2.46. The monoisotopic (exact) mass is 261 g/mol. The van der Waals surface area contributed by atoms with E-state index in [0.29, 0.717) is 6.61 Å². The molecule has 2 aromatic rings. The van der Waals surface area contributed by atoms with Gasteiger partial charge in [0, 0.05) is 6.54 Å². The minimum atomic E-state index is 0.376.